The maximum atomic E-state index is 12.7. The number of nitrogens with two attached hydrogens (primary N) is 1. The Bertz CT molecular complexity index is 1040. The summed E-state index contributed by atoms with van der Waals surface area (Å²) in [6.07, 6.45) is -9.11. The topological polar surface area (TPSA) is 60.2 Å². The quantitative estimate of drug-likeness (QED) is 0.320. The molecule has 2 N–H and O–H groups in total. The average molecular weight is 437 g/mol. The molecule has 0 saturated carbocycles. The second-order valence-electron chi connectivity index (χ2n) is 6.65. The van der Waals surface area contributed by atoms with Crippen LogP contribution in [0.4, 0.5) is 32.0 Å². The molecule has 3 aromatic rings. The molecule has 0 aliphatic heterocycles. The monoisotopic (exact) mass is 437 g/mol. The number of halogens is 6. The van der Waals surface area contributed by atoms with Gasteiger partial charge in [-0.15, -0.1) is 0 Å². The zero-order valence-corrected chi connectivity index (χ0v) is 15.5. The highest BCUT2D eigenvalue weighted by atomic mass is 19.4. The molecule has 3 rings (SSSR count). The number of carbonyl (C=O) groups excluding carboxylic acids is 2. The van der Waals surface area contributed by atoms with Crippen LogP contribution >= 0.6 is 0 Å². The van der Waals surface area contributed by atoms with Gasteiger partial charge in [0.25, 0.3) is 0 Å². The Morgan fingerprint density at radius 3 is 1.16 bits per heavy atom. The largest absolute Gasteiger partial charge is 0.416 e. The van der Waals surface area contributed by atoms with Crippen molar-refractivity contribution in [2.45, 2.75) is 12.4 Å². The van der Waals surface area contributed by atoms with Gasteiger partial charge in [0.05, 0.1) is 11.1 Å². The second kappa shape index (κ2) is 7.90. The highest BCUT2D eigenvalue weighted by molar-refractivity contribution is 6.14. The zero-order chi connectivity index (χ0) is 23.0. The van der Waals surface area contributed by atoms with Gasteiger partial charge in [0.2, 0.25) is 0 Å². The van der Waals surface area contributed by atoms with Gasteiger partial charge in [-0.1, -0.05) is 24.3 Å². The highest BCUT2D eigenvalue weighted by Crippen LogP contribution is 2.31. The van der Waals surface area contributed by atoms with E-state index in [0.717, 1.165) is 48.5 Å². The van der Waals surface area contributed by atoms with E-state index in [1.54, 1.807) is 0 Å². The molecule has 3 aromatic carbocycles. The Hall–Kier alpha value is -3.62. The fourth-order valence-corrected chi connectivity index (χ4v) is 2.87. The van der Waals surface area contributed by atoms with Crippen LogP contribution in [-0.2, 0) is 12.4 Å². The molecule has 0 fully saturated rings. The molecule has 9 heteroatoms. The Kier molecular flexibility index (Phi) is 5.62. The number of alkyl halides is 6. The predicted octanol–water partition coefficient (Wildman–Crippen LogP) is 5.77. The molecule has 0 aromatic heterocycles. The summed E-state index contributed by atoms with van der Waals surface area (Å²) in [4.78, 5) is 25.3. The first-order valence-electron chi connectivity index (χ1n) is 8.71. The van der Waals surface area contributed by atoms with Gasteiger partial charge >= 0.3 is 12.4 Å². The lowest BCUT2D eigenvalue weighted by Crippen LogP contribution is -2.09. The smallest absolute Gasteiger partial charge is 0.399 e. The number of benzene rings is 3. The van der Waals surface area contributed by atoms with E-state index in [0.29, 0.717) is 0 Å². The maximum Gasteiger partial charge on any atom is 0.416 e. The van der Waals surface area contributed by atoms with Gasteiger partial charge in [0.15, 0.2) is 11.6 Å². The molecule has 0 spiro atoms. The number of rotatable bonds is 4. The number of anilines is 1. The van der Waals surface area contributed by atoms with Crippen molar-refractivity contribution >= 4 is 17.3 Å². The summed E-state index contributed by atoms with van der Waals surface area (Å²) in [6, 6.07) is 10.8. The lowest BCUT2D eigenvalue weighted by molar-refractivity contribution is -0.138. The molecule has 0 heterocycles. The van der Waals surface area contributed by atoms with Crippen LogP contribution in [0.15, 0.2) is 66.7 Å². The number of carbonyl (C=O) groups is 2. The standard InChI is InChI=1S/C22H13F6NO2/c23-21(24,25)16-5-1-12(2-6-16)19(30)14-9-15(11-18(29)10-14)20(31)13-3-7-17(8-4-13)22(26,27)28/h1-11H,29H2. The summed E-state index contributed by atoms with van der Waals surface area (Å²) in [5.74, 6) is -1.33. The van der Waals surface area contributed by atoms with Gasteiger partial charge in [0, 0.05) is 27.9 Å². The van der Waals surface area contributed by atoms with E-state index in [2.05, 4.69) is 0 Å². The van der Waals surface area contributed by atoms with E-state index in [9.17, 15) is 35.9 Å². The second-order valence-corrected chi connectivity index (χ2v) is 6.65. The summed E-state index contributed by atoms with van der Waals surface area (Å²) in [5.41, 5.74) is 3.75. The number of hydrogen-bond acceptors (Lipinski definition) is 3. The third-order valence-corrected chi connectivity index (χ3v) is 4.43. The summed E-state index contributed by atoms with van der Waals surface area (Å²) in [6.45, 7) is 0. The first kappa shape index (κ1) is 22.1. The van der Waals surface area contributed by atoms with Gasteiger partial charge in [-0.3, -0.25) is 9.59 Å². The van der Waals surface area contributed by atoms with E-state index in [1.165, 1.54) is 18.2 Å². The SMILES string of the molecule is Nc1cc(C(=O)c2ccc(C(F)(F)F)cc2)cc(C(=O)c2ccc(C(F)(F)F)cc2)c1. The molecule has 0 radical (unpaired) electrons. The van der Waals surface area contributed by atoms with Crippen LogP contribution < -0.4 is 5.73 Å². The zero-order valence-electron chi connectivity index (χ0n) is 15.5. The number of nitrogen functional groups attached to an aromatic ring is 1. The van der Waals surface area contributed by atoms with Gasteiger partial charge in [-0.05, 0) is 42.5 Å². The van der Waals surface area contributed by atoms with E-state index in [1.807, 2.05) is 0 Å². The van der Waals surface area contributed by atoms with Crippen molar-refractivity contribution in [1.82, 2.24) is 0 Å². The Labute approximate surface area is 172 Å². The van der Waals surface area contributed by atoms with Crippen molar-refractivity contribution in [3.8, 4) is 0 Å². The minimum absolute atomic E-state index is 0.0352. The van der Waals surface area contributed by atoms with Crippen LogP contribution in [0, 0.1) is 0 Å². The predicted molar refractivity (Wildman–Crippen MR) is 101 cm³/mol. The van der Waals surface area contributed by atoms with Gasteiger partial charge in [0.1, 0.15) is 0 Å². The highest BCUT2D eigenvalue weighted by Gasteiger charge is 2.31. The van der Waals surface area contributed by atoms with Crippen molar-refractivity contribution in [2.75, 3.05) is 5.73 Å². The van der Waals surface area contributed by atoms with Crippen molar-refractivity contribution < 1.29 is 35.9 Å². The van der Waals surface area contributed by atoms with Crippen molar-refractivity contribution in [1.29, 1.82) is 0 Å². The summed E-state index contributed by atoms with van der Waals surface area (Å²) in [5, 5.41) is 0. The average Bonchev–Trinajstić information content (AvgIpc) is 2.71. The van der Waals surface area contributed by atoms with Gasteiger partial charge in [-0.25, -0.2) is 0 Å². The third kappa shape index (κ3) is 4.93. The van der Waals surface area contributed by atoms with Crippen molar-refractivity contribution in [3.05, 3.63) is 100 Å². The van der Waals surface area contributed by atoms with Crippen molar-refractivity contribution in [3.63, 3.8) is 0 Å². The molecule has 3 nitrogen and oxygen atoms in total. The van der Waals surface area contributed by atoms with E-state index >= 15 is 0 Å². The normalized spacial score (nSPS) is 11.9. The fourth-order valence-electron chi connectivity index (χ4n) is 2.87. The molecule has 31 heavy (non-hydrogen) atoms. The van der Waals surface area contributed by atoms with Crippen LogP contribution in [0.2, 0.25) is 0 Å². The lowest BCUT2D eigenvalue weighted by atomic mass is 9.96. The van der Waals surface area contributed by atoms with Crippen LogP contribution in [0.25, 0.3) is 0 Å². The maximum absolute atomic E-state index is 12.7. The lowest BCUT2D eigenvalue weighted by Gasteiger charge is -2.10. The molecule has 0 saturated heterocycles. The third-order valence-electron chi connectivity index (χ3n) is 4.43. The van der Waals surface area contributed by atoms with E-state index < -0.39 is 35.0 Å². The van der Waals surface area contributed by atoms with Crippen LogP contribution in [0.1, 0.15) is 43.0 Å². The Morgan fingerprint density at radius 1 is 0.548 bits per heavy atom. The first-order valence-corrected chi connectivity index (χ1v) is 8.71. The molecule has 0 unspecified atom stereocenters. The molecule has 0 bridgehead atoms. The van der Waals surface area contributed by atoms with Crippen LogP contribution in [0.3, 0.4) is 0 Å². The Balaban J connectivity index is 1.91. The minimum Gasteiger partial charge on any atom is -0.399 e. The molecule has 0 atom stereocenters. The number of hydrogen-bond donors (Lipinski definition) is 1. The van der Waals surface area contributed by atoms with Gasteiger partial charge in [-0.2, -0.15) is 26.3 Å². The van der Waals surface area contributed by atoms with Gasteiger partial charge < -0.3 is 5.73 Å². The van der Waals surface area contributed by atoms with E-state index in [-0.39, 0.29) is 27.9 Å². The molecule has 160 valence electrons. The molecular formula is C22H13F6NO2. The summed E-state index contributed by atoms with van der Waals surface area (Å²) in [7, 11) is 0. The van der Waals surface area contributed by atoms with E-state index in [4.69, 9.17) is 5.73 Å². The minimum atomic E-state index is -4.56. The number of ketones is 2. The first-order chi connectivity index (χ1) is 14.4. The van der Waals surface area contributed by atoms with Crippen LogP contribution in [-0.4, -0.2) is 11.6 Å². The molecule has 0 amide bonds. The molecular weight excluding hydrogens is 424 g/mol. The fraction of sp³-hybridized carbons (Fsp3) is 0.0909. The molecule has 0 aliphatic carbocycles. The summed E-state index contributed by atoms with van der Waals surface area (Å²) < 4.78 is 76.1. The Morgan fingerprint density at radius 2 is 0.871 bits per heavy atom. The van der Waals surface area contributed by atoms with Crippen LogP contribution in [0.5, 0.6) is 0 Å². The molecule has 0 aliphatic rings. The van der Waals surface area contributed by atoms with Crippen molar-refractivity contribution in [2.24, 2.45) is 0 Å². The summed E-state index contributed by atoms with van der Waals surface area (Å²) >= 11 is 0.